The normalized spacial score (nSPS) is 26.0. The first-order valence-electron chi connectivity index (χ1n) is 9.99. The van der Waals surface area contributed by atoms with E-state index in [1.54, 1.807) is 16.4 Å². The summed E-state index contributed by atoms with van der Waals surface area (Å²) in [5.41, 5.74) is 1.28. The summed E-state index contributed by atoms with van der Waals surface area (Å²) in [6.45, 7) is 4.89. The van der Waals surface area contributed by atoms with Gasteiger partial charge in [0.2, 0.25) is 15.9 Å². The van der Waals surface area contributed by atoms with Crippen LogP contribution in [0.15, 0.2) is 29.2 Å². The lowest BCUT2D eigenvalue weighted by Gasteiger charge is -2.32. The zero-order valence-corrected chi connectivity index (χ0v) is 16.7. The largest absolute Gasteiger partial charge is 0.353 e. The summed E-state index contributed by atoms with van der Waals surface area (Å²) in [5, 5.41) is 6.55. The molecule has 27 heavy (non-hydrogen) atoms. The molecule has 2 N–H and O–H groups in total. The molecule has 1 aromatic carbocycles. The zero-order valence-electron chi connectivity index (χ0n) is 15.9. The van der Waals surface area contributed by atoms with Crippen LogP contribution in [0, 0.1) is 18.3 Å². The van der Waals surface area contributed by atoms with E-state index in [-0.39, 0.29) is 23.3 Å². The zero-order chi connectivity index (χ0) is 19.1. The Morgan fingerprint density at radius 2 is 1.78 bits per heavy atom. The van der Waals surface area contributed by atoms with Gasteiger partial charge in [-0.2, -0.15) is 4.31 Å². The first kappa shape index (κ1) is 18.9. The highest BCUT2D eigenvalue weighted by Gasteiger charge is 2.57. The van der Waals surface area contributed by atoms with Crippen molar-refractivity contribution in [3.8, 4) is 0 Å². The van der Waals surface area contributed by atoms with Crippen LogP contribution in [0.3, 0.4) is 0 Å². The van der Waals surface area contributed by atoms with E-state index in [0.717, 1.165) is 37.9 Å². The highest BCUT2D eigenvalue weighted by Crippen LogP contribution is 2.58. The lowest BCUT2D eigenvalue weighted by molar-refractivity contribution is -0.124. The minimum Gasteiger partial charge on any atom is -0.353 e. The number of carbonyl (C=O) groups is 1. The fraction of sp³-hybridized carbons (Fsp3) is 0.650. The fourth-order valence-corrected chi connectivity index (χ4v) is 6.07. The quantitative estimate of drug-likeness (QED) is 0.818. The second kappa shape index (κ2) is 7.18. The highest BCUT2D eigenvalue weighted by atomic mass is 32.2. The number of aryl methyl sites for hydroxylation is 1. The molecule has 1 aromatic rings. The molecule has 2 heterocycles. The minimum absolute atomic E-state index is 0.0846. The van der Waals surface area contributed by atoms with Crippen LogP contribution < -0.4 is 10.6 Å². The number of benzene rings is 1. The van der Waals surface area contributed by atoms with E-state index >= 15 is 0 Å². The first-order valence-corrected chi connectivity index (χ1v) is 11.4. The summed E-state index contributed by atoms with van der Waals surface area (Å²) in [4.78, 5) is 13.0. The summed E-state index contributed by atoms with van der Waals surface area (Å²) in [6.07, 6.45) is 4.56. The van der Waals surface area contributed by atoms with E-state index < -0.39 is 10.0 Å². The molecule has 4 rings (SSSR count). The van der Waals surface area contributed by atoms with Gasteiger partial charge in [-0.05, 0) is 69.7 Å². The van der Waals surface area contributed by atoms with Crippen LogP contribution in [0.25, 0.3) is 0 Å². The Kier molecular flexibility index (Phi) is 5.03. The molecule has 6 nitrogen and oxygen atoms in total. The maximum absolute atomic E-state index is 12.8. The van der Waals surface area contributed by atoms with Crippen molar-refractivity contribution in [2.24, 2.45) is 11.3 Å². The van der Waals surface area contributed by atoms with Crippen LogP contribution in [0.5, 0.6) is 0 Å². The summed E-state index contributed by atoms with van der Waals surface area (Å²) in [6, 6.07) is 7.08. The summed E-state index contributed by atoms with van der Waals surface area (Å²) < 4.78 is 27.1. The smallest absolute Gasteiger partial charge is 0.243 e. The molecule has 7 heteroatoms. The predicted molar refractivity (Wildman–Crippen MR) is 104 cm³/mol. The molecule has 1 saturated carbocycles. The summed E-state index contributed by atoms with van der Waals surface area (Å²) in [5.74, 6) is 0.339. The predicted octanol–water partition coefficient (Wildman–Crippen LogP) is 1.65. The van der Waals surface area contributed by atoms with Gasteiger partial charge in [0.05, 0.1) is 4.90 Å². The van der Waals surface area contributed by atoms with E-state index in [0.29, 0.717) is 30.8 Å². The van der Waals surface area contributed by atoms with Crippen LogP contribution in [0.1, 0.15) is 37.7 Å². The Balaban J connectivity index is 1.30. The third-order valence-electron chi connectivity index (χ3n) is 6.56. The molecule has 1 aliphatic carbocycles. The summed E-state index contributed by atoms with van der Waals surface area (Å²) in [7, 11) is -3.44. The molecule has 0 bridgehead atoms. The van der Waals surface area contributed by atoms with Gasteiger partial charge in [-0.1, -0.05) is 17.7 Å². The third-order valence-corrected chi connectivity index (χ3v) is 8.48. The monoisotopic (exact) mass is 391 g/mol. The molecule has 1 unspecified atom stereocenters. The third kappa shape index (κ3) is 3.77. The molecular formula is C20H29N3O3S. The number of nitrogens with one attached hydrogen (secondary N) is 2. The number of rotatable bonds is 4. The molecule has 0 radical (unpaired) electrons. The van der Waals surface area contributed by atoms with Crippen molar-refractivity contribution in [2.45, 2.75) is 50.0 Å². The molecule has 1 atom stereocenters. The molecule has 3 aliphatic rings. The van der Waals surface area contributed by atoms with E-state index in [1.165, 1.54) is 0 Å². The van der Waals surface area contributed by atoms with Gasteiger partial charge in [0, 0.05) is 25.0 Å². The maximum Gasteiger partial charge on any atom is 0.243 e. The van der Waals surface area contributed by atoms with Crippen LogP contribution in [-0.2, 0) is 14.8 Å². The number of hydrogen-bond acceptors (Lipinski definition) is 4. The van der Waals surface area contributed by atoms with Gasteiger partial charge in [0.1, 0.15) is 0 Å². The fourth-order valence-electron chi connectivity index (χ4n) is 4.60. The van der Waals surface area contributed by atoms with Crippen LogP contribution in [0.2, 0.25) is 0 Å². The highest BCUT2D eigenvalue weighted by molar-refractivity contribution is 7.89. The van der Waals surface area contributed by atoms with Crippen molar-refractivity contribution in [2.75, 3.05) is 26.2 Å². The molecule has 148 valence electrons. The number of nitrogens with zero attached hydrogens (tertiary/aromatic N) is 1. The number of sulfonamides is 1. The molecular weight excluding hydrogens is 362 g/mol. The van der Waals surface area contributed by atoms with E-state index in [1.807, 2.05) is 19.1 Å². The van der Waals surface area contributed by atoms with Gasteiger partial charge < -0.3 is 10.6 Å². The Labute approximate surface area is 161 Å². The van der Waals surface area contributed by atoms with Crippen molar-refractivity contribution in [1.82, 2.24) is 14.9 Å². The SMILES string of the molecule is Cc1ccc(S(=O)(=O)N2CCC(NC(=O)C3CC34CCNCC4)CC2)cc1. The maximum atomic E-state index is 12.8. The first-order chi connectivity index (χ1) is 12.9. The lowest BCUT2D eigenvalue weighted by Crippen LogP contribution is -2.47. The van der Waals surface area contributed by atoms with Gasteiger partial charge in [-0.25, -0.2) is 8.42 Å². The molecule has 1 spiro atoms. The minimum atomic E-state index is -3.44. The standard InChI is InChI=1S/C20H29N3O3S/c1-15-2-4-17(5-3-15)27(25,26)23-12-6-16(7-13-23)22-19(24)18-14-20(18)8-10-21-11-9-20/h2-5,16,18,21H,6-14H2,1H3,(H,22,24). The van der Waals surface area contributed by atoms with Gasteiger partial charge in [0.15, 0.2) is 0 Å². The van der Waals surface area contributed by atoms with Crippen molar-refractivity contribution in [3.05, 3.63) is 29.8 Å². The number of piperidine rings is 2. The summed E-state index contributed by atoms with van der Waals surface area (Å²) >= 11 is 0. The van der Waals surface area contributed by atoms with Gasteiger partial charge in [0.25, 0.3) is 0 Å². The molecule has 0 aromatic heterocycles. The van der Waals surface area contributed by atoms with E-state index in [4.69, 9.17) is 0 Å². The van der Waals surface area contributed by atoms with Gasteiger partial charge >= 0.3 is 0 Å². The Morgan fingerprint density at radius 3 is 2.41 bits per heavy atom. The Bertz CT molecular complexity index is 792. The molecule has 1 amide bonds. The average Bonchev–Trinajstić information content (AvgIpc) is 3.36. The lowest BCUT2D eigenvalue weighted by atomic mass is 9.91. The van der Waals surface area contributed by atoms with E-state index in [9.17, 15) is 13.2 Å². The number of amides is 1. The van der Waals surface area contributed by atoms with Gasteiger partial charge in [-0.15, -0.1) is 0 Å². The molecule has 2 saturated heterocycles. The molecule has 2 aliphatic heterocycles. The van der Waals surface area contributed by atoms with E-state index in [2.05, 4.69) is 10.6 Å². The van der Waals surface area contributed by atoms with Crippen molar-refractivity contribution < 1.29 is 13.2 Å². The van der Waals surface area contributed by atoms with Gasteiger partial charge in [-0.3, -0.25) is 4.79 Å². The van der Waals surface area contributed by atoms with Crippen LogP contribution in [-0.4, -0.2) is 50.9 Å². The molecule has 3 fully saturated rings. The number of carbonyl (C=O) groups excluding carboxylic acids is 1. The second-order valence-corrected chi connectivity index (χ2v) is 10.3. The van der Waals surface area contributed by atoms with Crippen molar-refractivity contribution >= 4 is 15.9 Å². The van der Waals surface area contributed by atoms with Crippen molar-refractivity contribution in [3.63, 3.8) is 0 Å². The average molecular weight is 392 g/mol. The number of hydrogen-bond donors (Lipinski definition) is 2. The Hall–Kier alpha value is -1.44. The van der Waals surface area contributed by atoms with Crippen LogP contribution in [0.4, 0.5) is 0 Å². The van der Waals surface area contributed by atoms with Crippen molar-refractivity contribution in [1.29, 1.82) is 0 Å². The Morgan fingerprint density at radius 1 is 1.15 bits per heavy atom. The topological polar surface area (TPSA) is 78.5 Å². The van der Waals surface area contributed by atoms with Crippen LogP contribution >= 0.6 is 0 Å². The second-order valence-electron chi connectivity index (χ2n) is 8.37.